The quantitative estimate of drug-likeness (QED) is 0.748. The molecule has 2 rings (SSSR count). The Morgan fingerprint density at radius 1 is 1.26 bits per heavy atom. The number of nitrogens with one attached hydrogen (secondary N) is 1. The summed E-state index contributed by atoms with van der Waals surface area (Å²) in [6, 6.07) is 7.79. The molecule has 1 aromatic carbocycles. The van der Waals surface area contributed by atoms with Crippen molar-refractivity contribution in [1.82, 2.24) is 9.88 Å². The third kappa shape index (κ3) is 4.33. The summed E-state index contributed by atoms with van der Waals surface area (Å²) in [5.74, 6) is 1.15. The predicted molar refractivity (Wildman–Crippen MR) is 87.1 cm³/mol. The van der Waals surface area contributed by atoms with E-state index in [4.69, 9.17) is 9.26 Å². The lowest BCUT2D eigenvalue weighted by Gasteiger charge is -2.10. The molecule has 0 unspecified atom stereocenters. The van der Waals surface area contributed by atoms with E-state index in [1.165, 1.54) is 0 Å². The van der Waals surface area contributed by atoms with Gasteiger partial charge in [-0.05, 0) is 45.2 Å². The molecule has 6 nitrogen and oxygen atoms in total. The molecule has 0 saturated carbocycles. The highest BCUT2D eigenvalue weighted by atomic mass is 32.2. The summed E-state index contributed by atoms with van der Waals surface area (Å²) in [7, 11) is -3.59. The van der Waals surface area contributed by atoms with Crippen LogP contribution in [0.25, 0.3) is 0 Å². The number of hydrogen-bond acceptors (Lipinski definition) is 5. The molecule has 0 amide bonds. The van der Waals surface area contributed by atoms with Gasteiger partial charge < -0.3 is 9.26 Å². The maximum absolute atomic E-state index is 12.3. The first-order chi connectivity index (χ1) is 11.0. The topological polar surface area (TPSA) is 81.4 Å². The number of benzene rings is 1. The first-order valence-corrected chi connectivity index (χ1v) is 9.07. The molecule has 1 N–H and O–H groups in total. The molecule has 7 heteroatoms. The van der Waals surface area contributed by atoms with Crippen molar-refractivity contribution in [2.24, 2.45) is 0 Å². The summed E-state index contributed by atoms with van der Waals surface area (Å²) in [4.78, 5) is 0.132. The van der Waals surface area contributed by atoms with E-state index in [1.54, 1.807) is 13.8 Å². The Morgan fingerprint density at radius 2 is 2.00 bits per heavy atom. The molecule has 0 fully saturated rings. The fraction of sp³-hybridized carbons (Fsp3) is 0.438. The number of ether oxygens (including phenoxy) is 1. The predicted octanol–water partition coefficient (Wildman–Crippen LogP) is 2.60. The molecule has 23 heavy (non-hydrogen) atoms. The lowest BCUT2D eigenvalue weighted by atomic mass is 10.1. The van der Waals surface area contributed by atoms with E-state index in [0.29, 0.717) is 31.0 Å². The molecule has 1 aromatic heterocycles. The second kappa shape index (κ2) is 7.61. The third-order valence-corrected chi connectivity index (χ3v) is 5.13. The van der Waals surface area contributed by atoms with Crippen molar-refractivity contribution in [3.05, 3.63) is 41.3 Å². The third-order valence-electron chi connectivity index (χ3n) is 3.42. The highest BCUT2D eigenvalue weighted by Crippen LogP contribution is 2.20. The van der Waals surface area contributed by atoms with Gasteiger partial charge in [-0.3, -0.25) is 0 Å². The number of hydrogen-bond donors (Lipinski definition) is 1. The largest absolute Gasteiger partial charge is 0.494 e. The first-order valence-electron chi connectivity index (χ1n) is 7.59. The van der Waals surface area contributed by atoms with Gasteiger partial charge in [0.05, 0.1) is 6.61 Å². The zero-order valence-electron chi connectivity index (χ0n) is 13.6. The Bertz CT molecular complexity index is 734. The van der Waals surface area contributed by atoms with E-state index < -0.39 is 10.0 Å². The molecule has 0 saturated heterocycles. The first kappa shape index (κ1) is 17.5. The highest BCUT2D eigenvalue weighted by molar-refractivity contribution is 7.89. The molecule has 2 aromatic rings. The van der Waals surface area contributed by atoms with Crippen LogP contribution in [0.15, 0.2) is 33.7 Å². The van der Waals surface area contributed by atoms with Crippen molar-refractivity contribution < 1.29 is 17.7 Å². The van der Waals surface area contributed by atoms with Crippen molar-refractivity contribution in [3.8, 4) is 5.75 Å². The fourth-order valence-electron chi connectivity index (χ4n) is 2.42. The van der Waals surface area contributed by atoms with Gasteiger partial charge in [-0.15, -0.1) is 0 Å². The van der Waals surface area contributed by atoms with Gasteiger partial charge in [0, 0.05) is 6.54 Å². The molecule has 1 heterocycles. The molecule has 0 bridgehead atoms. The second-order valence-electron chi connectivity index (χ2n) is 5.20. The summed E-state index contributed by atoms with van der Waals surface area (Å²) in [5.41, 5.74) is 1.45. The second-order valence-corrected chi connectivity index (χ2v) is 6.90. The van der Waals surface area contributed by atoms with Gasteiger partial charge in [-0.2, -0.15) is 0 Å². The average Bonchev–Trinajstić information content (AvgIpc) is 2.85. The minimum absolute atomic E-state index is 0.132. The Balaban J connectivity index is 1.93. The molecule has 0 aliphatic carbocycles. The number of para-hydroxylation sites is 1. The number of sulfonamides is 1. The van der Waals surface area contributed by atoms with Gasteiger partial charge in [0.25, 0.3) is 0 Å². The van der Waals surface area contributed by atoms with Gasteiger partial charge in [0.1, 0.15) is 16.3 Å². The van der Waals surface area contributed by atoms with Crippen LogP contribution in [-0.4, -0.2) is 26.7 Å². The van der Waals surface area contributed by atoms with Crippen LogP contribution in [0.1, 0.15) is 30.4 Å². The SMILES string of the molecule is CCOc1ccccc1CCCNS(=O)(=O)c1c(C)noc1C. The molecule has 0 aliphatic rings. The van der Waals surface area contributed by atoms with E-state index in [9.17, 15) is 8.42 Å². The van der Waals surface area contributed by atoms with Gasteiger partial charge in [0.2, 0.25) is 10.0 Å². The lowest BCUT2D eigenvalue weighted by molar-refractivity contribution is 0.336. The van der Waals surface area contributed by atoms with Crippen LogP contribution in [0.4, 0.5) is 0 Å². The Hall–Kier alpha value is -1.86. The van der Waals surface area contributed by atoms with E-state index in [2.05, 4.69) is 9.88 Å². The van der Waals surface area contributed by atoms with Gasteiger partial charge in [0.15, 0.2) is 5.76 Å². The summed E-state index contributed by atoms with van der Waals surface area (Å²) in [6.07, 6.45) is 1.41. The standard InChI is InChI=1S/C16H22N2O4S/c1-4-21-15-10-6-5-8-14(15)9-7-11-17-23(19,20)16-12(2)18-22-13(16)3/h5-6,8,10,17H,4,7,9,11H2,1-3H3. The zero-order valence-corrected chi connectivity index (χ0v) is 14.4. The minimum atomic E-state index is -3.59. The Kier molecular flexibility index (Phi) is 5.79. The summed E-state index contributed by atoms with van der Waals surface area (Å²) >= 11 is 0. The van der Waals surface area contributed by atoms with Crippen molar-refractivity contribution >= 4 is 10.0 Å². The van der Waals surface area contributed by atoms with Crippen molar-refractivity contribution in [2.45, 2.75) is 38.5 Å². The molecular formula is C16H22N2O4S. The number of rotatable bonds is 8. The van der Waals surface area contributed by atoms with Crippen LogP contribution in [0, 0.1) is 13.8 Å². The Labute approximate surface area is 136 Å². The maximum Gasteiger partial charge on any atom is 0.245 e. The number of aromatic nitrogens is 1. The summed E-state index contributed by atoms with van der Waals surface area (Å²) in [5, 5.41) is 3.68. The van der Waals surface area contributed by atoms with E-state index in [-0.39, 0.29) is 4.90 Å². The molecule has 0 aliphatic heterocycles. The summed E-state index contributed by atoms with van der Waals surface area (Å²) in [6.45, 7) is 6.09. The fourth-order valence-corrected chi connectivity index (χ4v) is 3.82. The van der Waals surface area contributed by atoms with Crippen LogP contribution in [0.5, 0.6) is 5.75 Å². The molecule has 0 spiro atoms. The molecular weight excluding hydrogens is 316 g/mol. The van der Waals surface area contributed by atoms with Crippen LogP contribution >= 0.6 is 0 Å². The number of aryl methyl sites for hydroxylation is 3. The molecule has 0 radical (unpaired) electrons. The van der Waals surface area contributed by atoms with Crippen molar-refractivity contribution in [3.63, 3.8) is 0 Å². The van der Waals surface area contributed by atoms with Crippen molar-refractivity contribution in [2.75, 3.05) is 13.2 Å². The minimum Gasteiger partial charge on any atom is -0.494 e. The van der Waals surface area contributed by atoms with Crippen LogP contribution in [0.3, 0.4) is 0 Å². The van der Waals surface area contributed by atoms with Crippen LogP contribution < -0.4 is 9.46 Å². The monoisotopic (exact) mass is 338 g/mol. The smallest absolute Gasteiger partial charge is 0.245 e. The van der Waals surface area contributed by atoms with Gasteiger partial charge >= 0.3 is 0 Å². The molecule has 126 valence electrons. The highest BCUT2D eigenvalue weighted by Gasteiger charge is 2.23. The van der Waals surface area contributed by atoms with Gasteiger partial charge in [-0.1, -0.05) is 23.4 Å². The van der Waals surface area contributed by atoms with Crippen LogP contribution in [-0.2, 0) is 16.4 Å². The maximum atomic E-state index is 12.3. The van der Waals surface area contributed by atoms with E-state index >= 15 is 0 Å². The molecule has 0 atom stereocenters. The average molecular weight is 338 g/mol. The van der Waals surface area contributed by atoms with E-state index in [1.807, 2.05) is 31.2 Å². The van der Waals surface area contributed by atoms with Gasteiger partial charge in [-0.25, -0.2) is 13.1 Å². The summed E-state index contributed by atoms with van der Waals surface area (Å²) < 4.78 is 37.6. The normalized spacial score (nSPS) is 11.6. The van der Waals surface area contributed by atoms with Crippen molar-refractivity contribution in [1.29, 1.82) is 0 Å². The zero-order chi connectivity index (χ0) is 16.9. The number of nitrogens with zero attached hydrogens (tertiary/aromatic N) is 1. The van der Waals surface area contributed by atoms with E-state index in [0.717, 1.165) is 17.7 Å². The van der Waals surface area contributed by atoms with Crippen LogP contribution in [0.2, 0.25) is 0 Å². The lowest BCUT2D eigenvalue weighted by Crippen LogP contribution is -2.26. The Morgan fingerprint density at radius 3 is 2.65 bits per heavy atom.